The zero-order valence-corrected chi connectivity index (χ0v) is 15.9. The van der Waals surface area contributed by atoms with E-state index in [-0.39, 0.29) is 5.41 Å². The predicted octanol–water partition coefficient (Wildman–Crippen LogP) is 3.17. The van der Waals surface area contributed by atoms with Crippen molar-refractivity contribution in [3.8, 4) is 0 Å². The van der Waals surface area contributed by atoms with Gasteiger partial charge in [0.25, 0.3) is 0 Å². The van der Waals surface area contributed by atoms with Crippen LogP contribution in [0.3, 0.4) is 0 Å². The van der Waals surface area contributed by atoms with Crippen LogP contribution in [-0.4, -0.2) is 31.6 Å². The van der Waals surface area contributed by atoms with Gasteiger partial charge in [0.1, 0.15) is 0 Å². The number of carbonyl (C=O) groups excluding carboxylic acids is 2. The largest absolute Gasteiger partial charge is 0.381 e. The van der Waals surface area contributed by atoms with Gasteiger partial charge in [-0.2, -0.15) is 0 Å². The molecule has 26 heavy (non-hydrogen) atoms. The smallest absolute Gasteiger partial charge is 0.313 e. The van der Waals surface area contributed by atoms with E-state index in [4.69, 9.17) is 4.74 Å². The van der Waals surface area contributed by atoms with Crippen molar-refractivity contribution in [1.82, 2.24) is 5.32 Å². The van der Waals surface area contributed by atoms with Gasteiger partial charge in [0.05, 0.1) is 0 Å². The molecule has 0 aliphatic carbocycles. The van der Waals surface area contributed by atoms with Crippen LogP contribution in [0.2, 0.25) is 0 Å². The van der Waals surface area contributed by atoms with Crippen molar-refractivity contribution in [3.63, 3.8) is 0 Å². The Bertz CT molecular complexity index is 780. The predicted molar refractivity (Wildman–Crippen MR) is 104 cm³/mol. The molecule has 0 bridgehead atoms. The molecule has 1 aliphatic heterocycles. The Morgan fingerprint density at radius 2 is 1.92 bits per heavy atom. The van der Waals surface area contributed by atoms with Gasteiger partial charge in [-0.1, -0.05) is 23.8 Å². The van der Waals surface area contributed by atoms with Crippen LogP contribution in [0.1, 0.15) is 28.8 Å². The number of anilines is 1. The summed E-state index contributed by atoms with van der Waals surface area (Å²) in [4.78, 5) is 25.8. The lowest BCUT2D eigenvalue weighted by atomic mass is 9.78. The summed E-state index contributed by atoms with van der Waals surface area (Å²) < 4.78 is 5.49. The van der Waals surface area contributed by atoms with Gasteiger partial charge in [0.2, 0.25) is 0 Å². The molecule has 0 atom stereocenters. The zero-order valence-electron chi connectivity index (χ0n) is 15.1. The second-order valence-electron chi connectivity index (χ2n) is 6.83. The maximum Gasteiger partial charge on any atom is 0.313 e. The average Bonchev–Trinajstić information content (AvgIpc) is 3.18. The molecule has 2 heterocycles. The lowest BCUT2D eigenvalue weighted by Gasteiger charge is -2.36. The van der Waals surface area contributed by atoms with E-state index in [1.54, 1.807) is 11.3 Å². The summed E-state index contributed by atoms with van der Waals surface area (Å²) in [7, 11) is 0. The summed E-state index contributed by atoms with van der Waals surface area (Å²) >= 11 is 1.69. The van der Waals surface area contributed by atoms with Crippen LogP contribution in [0.25, 0.3) is 0 Å². The van der Waals surface area contributed by atoms with Crippen LogP contribution in [0, 0.1) is 13.8 Å². The third kappa shape index (κ3) is 4.14. The van der Waals surface area contributed by atoms with Gasteiger partial charge in [-0.25, -0.2) is 0 Å². The van der Waals surface area contributed by atoms with Gasteiger partial charge >= 0.3 is 11.8 Å². The molecule has 1 aromatic heterocycles. The molecule has 0 spiro atoms. The van der Waals surface area contributed by atoms with E-state index in [0.29, 0.717) is 25.4 Å². The van der Waals surface area contributed by atoms with E-state index in [1.165, 1.54) is 4.88 Å². The molecule has 1 aromatic carbocycles. The Labute approximate surface area is 157 Å². The highest BCUT2D eigenvalue weighted by Crippen LogP contribution is 2.36. The molecule has 2 aromatic rings. The Hall–Kier alpha value is -2.18. The minimum Gasteiger partial charge on any atom is -0.381 e. The van der Waals surface area contributed by atoms with Crippen molar-refractivity contribution in [2.45, 2.75) is 32.1 Å². The molecule has 3 rings (SSSR count). The first-order valence-corrected chi connectivity index (χ1v) is 9.66. The molecule has 6 heteroatoms. The number of carbonyl (C=O) groups is 2. The fourth-order valence-corrected chi connectivity index (χ4v) is 4.30. The van der Waals surface area contributed by atoms with E-state index < -0.39 is 11.8 Å². The summed E-state index contributed by atoms with van der Waals surface area (Å²) in [5, 5.41) is 7.57. The molecule has 2 N–H and O–H groups in total. The molecule has 0 radical (unpaired) electrons. The van der Waals surface area contributed by atoms with E-state index in [2.05, 4.69) is 16.7 Å². The Morgan fingerprint density at radius 3 is 2.58 bits per heavy atom. The SMILES string of the molecule is Cc1ccc(NC(=O)C(=O)NCC2(c3cccs3)CCOCC2)c(C)c1. The Kier molecular flexibility index (Phi) is 5.74. The molecule has 0 saturated carbocycles. The van der Waals surface area contributed by atoms with Gasteiger partial charge in [-0.3, -0.25) is 9.59 Å². The molecule has 0 unspecified atom stereocenters. The molecule has 1 fully saturated rings. The number of hydrogen-bond donors (Lipinski definition) is 2. The third-order valence-corrected chi connectivity index (χ3v) is 6.03. The van der Waals surface area contributed by atoms with Gasteiger partial charge in [0.15, 0.2) is 0 Å². The summed E-state index contributed by atoms with van der Waals surface area (Å²) in [5.74, 6) is -1.24. The standard InChI is InChI=1S/C20H24N2O3S/c1-14-5-6-16(15(2)12-14)22-19(24)18(23)21-13-20(7-9-25-10-8-20)17-4-3-11-26-17/h3-6,11-12H,7-10,13H2,1-2H3,(H,21,23)(H,22,24). The van der Waals surface area contributed by atoms with Crippen molar-refractivity contribution in [1.29, 1.82) is 0 Å². The lowest BCUT2D eigenvalue weighted by Crippen LogP contribution is -2.46. The topological polar surface area (TPSA) is 67.4 Å². The van der Waals surface area contributed by atoms with Gasteiger partial charge in [-0.15, -0.1) is 11.3 Å². The summed E-state index contributed by atoms with van der Waals surface area (Å²) in [6.07, 6.45) is 1.68. The molecule has 138 valence electrons. The van der Waals surface area contributed by atoms with E-state index in [9.17, 15) is 9.59 Å². The van der Waals surface area contributed by atoms with Crippen LogP contribution in [0.5, 0.6) is 0 Å². The number of thiophene rings is 1. The number of aryl methyl sites for hydroxylation is 2. The average molecular weight is 372 g/mol. The monoisotopic (exact) mass is 372 g/mol. The minimum absolute atomic E-state index is 0.151. The Morgan fingerprint density at radius 1 is 1.15 bits per heavy atom. The van der Waals surface area contributed by atoms with Gasteiger partial charge in [0, 0.05) is 35.7 Å². The molecule has 1 aliphatic rings. The molecule has 2 amide bonds. The maximum absolute atomic E-state index is 12.3. The fourth-order valence-electron chi connectivity index (χ4n) is 3.32. The van der Waals surface area contributed by atoms with Crippen LogP contribution in [0.15, 0.2) is 35.7 Å². The van der Waals surface area contributed by atoms with Crippen molar-refractivity contribution >= 4 is 28.8 Å². The first kappa shape index (κ1) is 18.6. The van der Waals surface area contributed by atoms with Crippen LogP contribution >= 0.6 is 11.3 Å². The van der Waals surface area contributed by atoms with Crippen molar-refractivity contribution < 1.29 is 14.3 Å². The van der Waals surface area contributed by atoms with Gasteiger partial charge < -0.3 is 15.4 Å². The van der Waals surface area contributed by atoms with E-state index in [0.717, 1.165) is 24.0 Å². The van der Waals surface area contributed by atoms with Crippen molar-refractivity contribution in [2.24, 2.45) is 0 Å². The van der Waals surface area contributed by atoms with Crippen molar-refractivity contribution in [3.05, 3.63) is 51.7 Å². The molecular formula is C20H24N2O3S. The van der Waals surface area contributed by atoms with Crippen LogP contribution in [0.4, 0.5) is 5.69 Å². The van der Waals surface area contributed by atoms with Crippen molar-refractivity contribution in [2.75, 3.05) is 25.1 Å². The minimum atomic E-state index is -0.634. The number of ether oxygens (including phenoxy) is 1. The number of rotatable bonds is 4. The third-order valence-electron chi connectivity index (χ3n) is 4.92. The number of hydrogen-bond acceptors (Lipinski definition) is 4. The first-order chi connectivity index (χ1) is 12.5. The fraction of sp³-hybridized carbons (Fsp3) is 0.400. The molecule has 1 saturated heterocycles. The maximum atomic E-state index is 12.3. The lowest BCUT2D eigenvalue weighted by molar-refractivity contribution is -0.136. The summed E-state index contributed by atoms with van der Waals surface area (Å²) in [5.41, 5.74) is 2.56. The normalized spacial score (nSPS) is 16.1. The molecular weight excluding hydrogens is 348 g/mol. The van der Waals surface area contributed by atoms with E-state index >= 15 is 0 Å². The van der Waals surface area contributed by atoms with Crippen LogP contribution < -0.4 is 10.6 Å². The highest BCUT2D eigenvalue weighted by atomic mass is 32.1. The Balaban J connectivity index is 1.64. The zero-order chi connectivity index (χ0) is 18.6. The molecule has 5 nitrogen and oxygen atoms in total. The number of amides is 2. The van der Waals surface area contributed by atoms with Crippen LogP contribution in [-0.2, 0) is 19.7 Å². The van der Waals surface area contributed by atoms with Gasteiger partial charge in [-0.05, 0) is 49.8 Å². The number of benzene rings is 1. The highest BCUT2D eigenvalue weighted by molar-refractivity contribution is 7.10. The quantitative estimate of drug-likeness (QED) is 0.810. The highest BCUT2D eigenvalue weighted by Gasteiger charge is 2.36. The number of nitrogens with one attached hydrogen (secondary N) is 2. The first-order valence-electron chi connectivity index (χ1n) is 8.78. The second-order valence-corrected chi connectivity index (χ2v) is 7.77. The summed E-state index contributed by atoms with van der Waals surface area (Å²) in [6, 6.07) is 9.82. The van der Waals surface area contributed by atoms with E-state index in [1.807, 2.05) is 43.5 Å². The summed E-state index contributed by atoms with van der Waals surface area (Å²) in [6.45, 7) is 5.68. The second kappa shape index (κ2) is 8.01.